The number of aromatic hydroxyl groups is 1. The van der Waals surface area contributed by atoms with Crippen LogP contribution in [0.5, 0.6) is 11.5 Å². The molecule has 1 unspecified atom stereocenters. The highest BCUT2D eigenvalue weighted by Gasteiger charge is 2.44. The number of phenols is 1. The molecule has 2 aliphatic rings. The van der Waals surface area contributed by atoms with Gasteiger partial charge in [0.15, 0.2) is 6.10 Å². The van der Waals surface area contributed by atoms with Gasteiger partial charge in [0.25, 0.3) is 0 Å². The number of carboxylic acids is 1. The number of fused-ring (bicyclic) bond motifs is 1. The van der Waals surface area contributed by atoms with Gasteiger partial charge in [-0.2, -0.15) is 0 Å². The summed E-state index contributed by atoms with van der Waals surface area (Å²) >= 11 is 0. The van der Waals surface area contributed by atoms with E-state index < -0.39 is 17.9 Å². The van der Waals surface area contributed by atoms with E-state index in [2.05, 4.69) is 4.74 Å². The van der Waals surface area contributed by atoms with E-state index in [9.17, 15) is 19.5 Å². The fraction of sp³-hybridized carbons (Fsp3) is 0.318. The van der Waals surface area contributed by atoms with Crippen LogP contribution in [-0.4, -0.2) is 59.6 Å². The highest BCUT2D eigenvalue weighted by molar-refractivity contribution is 5.92. The molecule has 164 valence electrons. The molecule has 9 nitrogen and oxygen atoms in total. The normalized spacial score (nSPS) is 21.4. The number of para-hydroxylation sites is 2. The summed E-state index contributed by atoms with van der Waals surface area (Å²) < 4.78 is 21.0. The Hall–Kier alpha value is -3.43. The molecule has 2 aliphatic heterocycles. The Morgan fingerprint density at radius 1 is 1.00 bits per heavy atom. The minimum Gasteiger partial charge on any atom is -0.507 e. The summed E-state index contributed by atoms with van der Waals surface area (Å²) in [5.74, 6) is -2.20. The number of carbonyl (C=O) groups excluding carboxylic acids is 2. The zero-order chi connectivity index (χ0) is 22.4. The van der Waals surface area contributed by atoms with E-state index in [1.54, 1.807) is 24.3 Å². The fourth-order valence-electron chi connectivity index (χ4n) is 3.27. The van der Waals surface area contributed by atoms with Crippen LogP contribution in [0.2, 0.25) is 0 Å². The Balaban J connectivity index is 0.000000187. The van der Waals surface area contributed by atoms with Crippen molar-refractivity contribution in [1.82, 2.24) is 0 Å². The standard InChI is InChI=1S/C13H14O5.C9H8O4/c14-9-4-2-1-3-8(9)13(15)18-11-7-17-10-5-6-16-12(10)11;1-6(10)13-8-5-3-2-4-7(8)9(11)12/h1-4,10-12,14H,5-7H2;2-5H,1H3,(H,11,12)/t10-,11?,12+;/m1./s1. The number of hydrogen-bond donors (Lipinski definition) is 2. The predicted molar refractivity (Wildman–Crippen MR) is 106 cm³/mol. The summed E-state index contributed by atoms with van der Waals surface area (Å²) in [6, 6.07) is 12.3. The topological polar surface area (TPSA) is 129 Å². The molecule has 2 N–H and O–H groups in total. The number of esters is 2. The van der Waals surface area contributed by atoms with Crippen LogP contribution in [0, 0.1) is 0 Å². The van der Waals surface area contributed by atoms with E-state index >= 15 is 0 Å². The van der Waals surface area contributed by atoms with Crippen molar-refractivity contribution in [1.29, 1.82) is 0 Å². The second kappa shape index (κ2) is 10.1. The molecule has 0 saturated carbocycles. The lowest BCUT2D eigenvalue weighted by Gasteiger charge is -2.16. The first-order valence-electron chi connectivity index (χ1n) is 9.59. The molecule has 9 heteroatoms. The van der Waals surface area contributed by atoms with Gasteiger partial charge in [0.05, 0.1) is 12.7 Å². The van der Waals surface area contributed by atoms with E-state index in [0.29, 0.717) is 13.2 Å². The minimum atomic E-state index is -1.11. The average Bonchev–Trinajstić information content (AvgIpc) is 3.34. The van der Waals surface area contributed by atoms with Crippen LogP contribution in [0.3, 0.4) is 0 Å². The van der Waals surface area contributed by atoms with Crippen molar-refractivity contribution in [2.75, 3.05) is 13.2 Å². The molecule has 3 atom stereocenters. The lowest BCUT2D eigenvalue weighted by atomic mass is 10.1. The maximum atomic E-state index is 11.9. The quantitative estimate of drug-likeness (QED) is 0.555. The Labute approximate surface area is 178 Å². The minimum absolute atomic E-state index is 0.0160. The molecular weight excluding hydrogens is 408 g/mol. The second-order valence-electron chi connectivity index (χ2n) is 6.85. The highest BCUT2D eigenvalue weighted by atomic mass is 16.6. The summed E-state index contributed by atoms with van der Waals surface area (Å²) in [7, 11) is 0. The van der Waals surface area contributed by atoms with E-state index in [1.807, 2.05) is 0 Å². The van der Waals surface area contributed by atoms with E-state index in [-0.39, 0.29) is 40.9 Å². The van der Waals surface area contributed by atoms with Gasteiger partial charge in [-0.25, -0.2) is 9.59 Å². The number of rotatable bonds is 4. The second-order valence-corrected chi connectivity index (χ2v) is 6.85. The Kier molecular flexibility index (Phi) is 7.22. The molecule has 2 heterocycles. The maximum Gasteiger partial charge on any atom is 0.342 e. The van der Waals surface area contributed by atoms with Crippen molar-refractivity contribution in [2.24, 2.45) is 0 Å². The van der Waals surface area contributed by atoms with Crippen molar-refractivity contribution in [3.8, 4) is 11.5 Å². The average molecular weight is 430 g/mol. The number of hydrogen-bond acceptors (Lipinski definition) is 8. The first-order chi connectivity index (χ1) is 14.9. The largest absolute Gasteiger partial charge is 0.507 e. The summed E-state index contributed by atoms with van der Waals surface area (Å²) in [4.78, 5) is 33.1. The van der Waals surface area contributed by atoms with E-state index in [0.717, 1.165) is 6.42 Å². The molecule has 0 amide bonds. The molecule has 31 heavy (non-hydrogen) atoms. The molecule has 2 saturated heterocycles. The van der Waals surface area contributed by atoms with Crippen molar-refractivity contribution in [2.45, 2.75) is 31.7 Å². The van der Waals surface area contributed by atoms with Gasteiger partial charge in [0.2, 0.25) is 0 Å². The van der Waals surface area contributed by atoms with Crippen molar-refractivity contribution in [3.63, 3.8) is 0 Å². The molecule has 2 fully saturated rings. The molecule has 0 radical (unpaired) electrons. The number of benzene rings is 2. The summed E-state index contributed by atoms with van der Waals surface area (Å²) in [6.45, 7) is 2.22. The van der Waals surface area contributed by atoms with Crippen LogP contribution < -0.4 is 4.74 Å². The lowest BCUT2D eigenvalue weighted by Crippen LogP contribution is -2.32. The van der Waals surface area contributed by atoms with Gasteiger partial charge in [0, 0.05) is 13.5 Å². The smallest absolute Gasteiger partial charge is 0.342 e. The van der Waals surface area contributed by atoms with Gasteiger partial charge in [-0.3, -0.25) is 4.79 Å². The zero-order valence-corrected chi connectivity index (χ0v) is 16.7. The number of ether oxygens (including phenoxy) is 4. The van der Waals surface area contributed by atoms with Crippen molar-refractivity contribution >= 4 is 17.9 Å². The zero-order valence-electron chi connectivity index (χ0n) is 16.7. The third-order valence-electron chi connectivity index (χ3n) is 4.67. The van der Waals surface area contributed by atoms with Gasteiger partial charge in [-0.1, -0.05) is 24.3 Å². The van der Waals surface area contributed by atoms with Gasteiger partial charge < -0.3 is 29.2 Å². The third-order valence-corrected chi connectivity index (χ3v) is 4.67. The molecule has 4 rings (SSSR count). The van der Waals surface area contributed by atoms with Crippen LogP contribution in [0.4, 0.5) is 0 Å². The monoisotopic (exact) mass is 430 g/mol. The molecule has 0 aromatic heterocycles. The Bertz CT molecular complexity index is 956. The van der Waals surface area contributed by atoms with Crippen LogP contribution in [-0.2, 0) is 19.0 Å². The first kappa shape index (κ1) is 22.3. The molecule has 2 aromatic rings. The maximum absolute atomic E-state index is 11.9. The predicted octanol–water partition coefficient (Wildman–Crippen LogP) is 2.42. The van der Waals surface area contributed by atoms with Crippen LogP contribution in [0.25, 0.3) is 0 Å². The number of aromatic carboxylic acids is 1. The van der Waals surface area contributed by atoms with Gasteiger partial charge >= 0.3 is 17.9 Å². The lowest BCUT2D eigenvalue weighted by molar-refractivity contribution is -0.131. The summed E-state index contributed by atoms with van der Waals surface area (Å²) in [5, 5.41) is 18.3. The van der Waals surface area contributed by atoms with E-state index in [4.69, 9.17) is 19.3 Å². The number of phenolic OH excluding ortho intramolecular Hbond substituents is 1. The summed E-state index contributed by atoms with van der Waals surface area (Å²) in [6.07, 6.45) is 0.326. The SMILES string of the molecule is CC(=O)Oc1ccccc1C(=O)O.O=C(OC1CO[C@@H]2CCO[C@H]12)c1ccccc1O. The van der Waals surface area contributed by atoms with Crippen LogP contribution in [0.1, 0.15) is 34.1 Å². The third kappa shape index (κ3) is 5.59. The van der Waals surface area contributed by atoms with Crippen LogP contribution in [0.15, 0.2) is 48.5 Å². The molecule has 0 aliphatic carbocycles. The van der Waals surface area contributed by atoms with E-state index in [1.165, 1.54) is 31.2 Å². The number of carboxylic acid groups (broad SMARTS) is 1. The van der Waals surface area contributed by atoms with Gasteiger partial charge in [-0.15, -0.1) is 0 Å². The molecule has 0 spiro atoms. The highest BCUT2D eigenvalue weighted by Crippen LogP contribution is 2.29. The molecule has 2 aromatic carbocycles. The molecule has 0 bridgehead atoms. The van der Waals surface area contributed by atoms with Gasteiger partial charge in [-0.05, 0) is 30.7 Å². The first-order valence-corrected chi connectivity index (χ1v) is 9.59. The van der Waals surface area contributed by atoms with Gasteiger partial charge in [0.1, 0.15) is 28.7 Å². The van der Waals surface area contributed by atoms with Crippen LogP contribution >= 0.6 is 0 Å². The van der Waals surface area contributed by atoms with Crippen molar-refractivity contribution < 1.29 is 43.5 Å². The fourth-order valence-corrected chi connectivity index (χ4v) is 3.27. The Morgan fingerprint density at radius 2 is 1.68 bits per heavy atom. The molecular formula is C22H22O9. The Morgan fingerprint density at radius 3 is 2.35 bits per heavy atom. The summed E-state index contributed by atoms with van der Waals surface area (Å²) in [5.41, 5.74) is 0.150. The van der Waals surface area contributed by atoms with Crippen molar-refractivity contribution in [3.05, 3.63) is 59.7 Å². The number of carbonyl (C=O) groups is 3.